The van der Waals surface area contributed by atoms with Crippen LogP contribution in [0.4, 0.5) is 0 Å². The van der Waals surface area contributed by atoms with Crippen molar-refractivity contribution >= 4 is 23.2 Å². The van der Waals surface area contributed by atoms with Crippen LogP contribution in [-0.4, -0.2) is 48.5 Å². The van der Waals surface area contributed by atoms with E-state index in [4.69, 9.17) is 32.7 Å². The Bertz CT molecular complexity index is 626. The SMILES string of the molecule is COc1c(Cl)cc(Cl)cc1CN1C[C@@H]2[C@H](CO)[C@H]3CC[C@]2(C1)O3. The van der Waals surface area contributed by atoms with Gasteiger partial charge < -0.3 is 14.6 Å². The molecule has 3 fully saturated rings. The van der Waals surface area contributed by atoms with Gasteiger partial charge in [-0.05, 0) is 25.0 Å². The maximum atomic E-state index is 9.71. The van der Waals surface area contributed by atoms with Crippen LogP contribution < -0.4 is 4.74 Å². The summed E-state index contributed by atoms with van der Waals surface area (Å²) in [5.74, 6) is 1.39. The first-order valence-electron chi connectivity index (χ1n) is 8.09. The summed E-state index contributed by atoms with van der Waals surface area (Å²) in [6, 6.07) is 3.62. The lowest BCUT2D eigenvalue weighted by Gasteiger charge is -2.28. The molecule has 2 bridgehead atoms. The second kappa shape index (κ2) is 5.78. The number of benzene rings is 1. The molecule has 3 aliphatic heterocycles. The first-order valence-corrected chi connectivity index (χ1v) is 8.85. The Morgan fingerprint density at radius 2 is 2.26 bits per heavy atom. The topological polar surface area (TPSA) is 41.9 Å². The van der Waals surface area contributed by atoms with Crippen LogP contribution >= 0.6 is 23.2 Å². The Hall–Kier alpha value is -0.520. The van der Waals surface area contributed by atoms with Gasteiger partial charge in [0.15, 0.2) is 0 Å². The minimum atomic E-state index is -0.0618. The highest BCUT2D eigenvalue weighted by atomic mass is 35.5. The van der Waals surface area contributed by atoms with Crippen LogP contribution in [0.25, 0.3) is 0 Å². The first kappa shape index (κ1) is 16.0. The molecule has 4 nitrogen and oxygen atoms in total. The van der Waals surface area contributed by atoms with E-state index in [0.717, 1.165) is 38.0 Å². The third-order valence-corrected chi connectivity index (χ3v) is 6.25. The number of ether oxygens (including phenoxy) is 2. The number of likely N-dealkylation sites (tertiary alicyclic amines) is 1. The van der Waals surface area contributed by atoms with Crippen molar-refractivity contribution in [1.29, 1.82) is 0 Å². The Morgan fingerprint density at radius 3 is 3.00 bits per heavy atom. The van der Waals surface area contributed by atoms with Gasteiger partial charge in [0.05, 0.1) is 23.8 Å². The monoisotopic (exact) mass is 357 g/mol. The first-order chi connectivity index (χ1) is 11.1. The summed E-state index contributed by atoms with van der Waals surface area (Å²) in [5, 5.41) is 10.9. The molecule has 0 radical (unpaired) electrons. The van der Waals surface area contributed by atoms with Gasteiger partial charge in [-0.1, -0.05) is 23.2 Å². The molecular weight excluding hydrogens is 337 g/mol. The molecular formula is C17H21Cl2NO3. The van der Waals surface area contributed by atoms with Gasteiger partial charge in [0.1, 0.15) is 5.75 Å². The molecule has 23 heavy (non-hydrogen) atoms. The fourth-order valence-corrected chi connectivity index (χ4v) is 5.46. The summed E-state index contributed by atoms with van der Waals surface area (Å²) in [6.45, 7) is 2.79. The van der Waals surface area contributed by atoms with Gasteiger partial charge in [0.25, 0.3) is 0 Å². The van der Waals surface area contributed by atoms with Gasteiger partial charge in [-0.3, -0.25) is 4.90 Å². The van der Waals surface area contributed by atoms with Gasteiger partial charge in [-0.2, -0.15) is 0 Å². The zero-order valence-electron chi connectivity index (χ0n) is 13.1. The van der Waals surface area contributed by atoms with E-state index in [1.165, 1.54) is 0 Å². The summed E-state index contributed by atoms with van der Waals surface area (Å²) in [4.78, 5) is 2.37. The minimum Gasteiger partial charge on any atom is -0.495 e. The van der Waals surface area contributed by atoms with Gasteiger partial charge in [0.2, 0.25) is 0 Å². The molecule has 6 heteroatoms. The summed E-state index contributed by atoms with van der Waals surface area (Å²) in [7, 11) is 1.63. The molecule has 1 aromatic carbocycles. The predicted molar refractivity (Wildman–Crippen MR) is 89.2 cm³/mol. The smallest absolute Gasteiger partial charge is 0.142 e. The molecule has 0 aromatic heterocycles. The van der Waals surface area contributed by atoms with E-state index in [0.29, 0.717) is 21.7 Å². The molecule has 126 valence electrons. The van der Waals surface area contributed by atoms with Crippen molar-refractivity contribution in [1.82, 2.24) is 4.90 Å². The van der Waals surface area contributed by atoms with Crippen molar-refractivity contribution in [2.75, 3.05) is 26.8 Å². The van der Waals surface area contributed by atoms with Crippen molar-refractivity contribution < 1.29 is 14.6 Å². The average Bonchev–Trinajstić information content (AvgIpc) is 3.13. The molecule has 3 aliphatic rings. The van der Waals surface area contributed by atoms with Crippen molar-refractivity contribution in [3.63, 3.8) is 0 Å². The molecule has 4 rings (SSSR count). The summed E-state index contributed by atoms with van der Waals surface area (Å²) < 4.78 is 11.7. The van der Waals surface area contributed by atoms with E-state index < -0.39 is 0 Å². The third-order valence-electron chi connectivity index (χ3n) is 5.75. The standard InChI is InChI=1S/C17H21Cl2NO3/c1-22-16-10(4-11(18)5-14(16)19)6-20-7-13-12(8-21)15-2-3-17(13,9-20)23-15/h4-5,12-13,15,21H,2-3,6-9H2,1H3/t12-,13+,15+,17+/m0/s1. The Balaban J connectivity index is 1.56. The van der Waals surface area contributed by atoms with Crippen LogP contribution in [0.1, 0.15) is 18.4 Å². The quantitative estimate of drug-likeness (QED) is 0.899. The van der Waals surface area contributed by atoms with Crippen LogP contribution in [0.5, 0.6) is 5.75 Å². The molecule has 3 saturated heterocycles. The fraction of sp³-hybridized carbons (Fsp3) is 0.647. The Kier molecular flexibility index (Phi) is 4.01. The molecule has 1 aromatic rings. The number of halogens is 2. The average molecular weight is 358 g/mol. The van der Waals surface area contributed by atoms with Crippen LogP contribution in [0.15, 0.2) is 12.1 Å². The maximum Gasteiger partial charge on any atom is 0.142 e. The molecule has 1 N–H and O–H groups in total. The highest BCUT2D eigenvalue weighted by molar-refractivity contribution is 6.35. The van der Waals surface area contributed by atoms with Crippen molar-refractivity contribution in [3.8, 4) is 5.75 Å². The summed E-state index contributed by atoms with van der Waals surface area (Å²) in [5.41, 5.74) is 0.935. The summed E-state index contributed by atoms with van der Waals surface area (Å²) in [6.07, 6.45) is 2.42. The Morgan fingerprint density at radius 1 is 1.43 bits per heavy atom. The van der Waals surface area contributed by atoms with Gasteiger partial charge in [0, 0.05) is 48.7 Å². The predicted octanol–water partition coefficient (Wildman–Crippen LogP) is 2.97. The second-order valence-electron chi connectivity index (χ2n) is 6.96. The van der Waals surface area contributed by atoms with Gasteiger partial charge >= 0.3 is 0 Å². The third kappa shape index (κ3) is 2.47. The van der Waals surface area contributed by atoms with E-state index in [1.54, 1.807) is 13.2 Å². The number of fused-ring (bicyclic) bond motifs is 1. The van der Waals surface area contributed by atoms with E-state index >= 15 is 0 Å². The lowest BCUT2D eigenvalue weighted by molar-refractivity contribution is 0.000331. The lowest BCUT2D eigenvalue weighted by atomic mass is 9.74. The van der Waals surface area contributed by atoms with Gasteiger partial charge in [-0.25, -0.2) is 0 Å². The molecule has 0 unspecified atom stereocenters. The number of nitrogens with zero attached hydrogens (tertiary/aromatic N) is 1. The summed E-state index contributed by atoms with van der Waals surface area (Å²) >= 11 is 12.4. The zero-order valence-corrected chi connectivity index (χ0v) is 14.6. The molecule has 0 aliphatic carbocycles. The largest absolute Gasteiger partial charge is 0.495 e. The number of aliphatic hydroxyl groups is 1. The van der Waals surface area contributed by atoms with E-state index in [1.807, 2.05) is 6.07 Å². The molecule has 4 atom stereocenters. The molecule has 1 spiro atoms. The molecule has 3 heterocycles. The van der Waals surface area contributed by atoms with E-state index in [2.05, 4.69) is 4.90 Å². The van der Waals surface area contributed by atoms with Crippen LogP contribution in [0, 0.1) is 11.8 Å². The molecule has 0 amide bonds. The highest BCUT2D eigenvalue weighted by Crippen LogP contribution is 2.55. The lowest BCUT2D eigenvalue weighted by Crippen LogP contribution is -2.37. The van der Waals surface area contributed by atoms with Crippen LogP contribution in [0.3, 0.4) is 0 Å². The van der Waals surface area contributed by atoms with Crippen molar-refractivity contribution in [2.24, 2.45) is 11.8 Å². The van der Waals surface area contributed by atoms with Gasteiger partial charge in [-0.15, -0.1) is 0 Å². The fourth-order valence-electron chi connectivity index (χ4n) is 4.85. The maximum absolute atomic E-state index is 9.71. The number of rotatable bonds is 4. The number of hydrogen-bond acceptors (Lipinski definition) is 4. The molecule has 0 saturated carbocycles. The van der Waals surface area contributed by atoms with E-state index in [-0.39, 0.29) is 24.2 Å². The highest BCUT2D eigenvalue weighted by Gasteiger charge is 2.62. The van der Waals surface area contributed by atoms with Crippen molar-refractivity contribution in [2.45, 2.75) is 31.1 Å². The zero-order chi connectivity index (χ0) is 16.2. The van der Waals surface area contributed by atoms with Crippen molar-refractivity contribution in [3.05, 3.63) is 27.7 Å². The van der Waals surface area contributed by atoms with E-state index in [9.17, 15) is 5.11 Å². The second-order valence-corrected chi connectivity index (χ2v) is 7.81. The minimum absolute atomic E-state index is 0.0618. The number of hydrogen-bond donors (Lipinski definition) is 1. The number of methoxy groups -OCH3 is 1. The number of aliphatic hydroxyl groups excluding tert-OH is 1. The van der Waals surface area contributed by atoms with Crippen LogP contribution in [0.2, 0.25) is 10.0 Å². The van der Waals surface area contributed by atoms with Crippen LogP contribution in [-0.2, 0) is 11.3 Å². The normalized spacial score (nSPS) is 35.7. The Labute approximate surface area is 146 Å².